The van der Waals surface area contributed by atoms with E-state index in [0.717, 1.165) is 29.8 Å². The van der Waals surface area contributed by atoms with Crippen LogP contribution in [0.1, 0.15) is 16.7 Å². The number of likely N-dealkylation sites (N-methyl/N-ethyl adjacent to an activating group) is 1. The van der Waals surface area contributed by atoms with Crippen LogP contribution in [0.5, 0.6) is 11.5 Å². The molecule has 1 aliphatic rings. The summed E-state index contributed by atoms with van der Waals surface area (Å²) in [5, 5.41) is 10.9. The lowest BCUT2D eigenvalue weighted by Gasteiger charge is -2.19. The molecule has 6 heteroatoms. The van der Waals surface area contributed by atoms with Crippen molar-refractivity contribution in [1.82, 2.24) is 0 Å². The molecule has 0 bridgehead atoms. The van der Waals surface area contributed by atoms with Crippen molar-refractivity contribution in [3.05, 3.63) is 63.2 Å². The highest BCUT2D eigenvalue weighted by molar-refractivity contribution is 6.11. The van der Waals surface area contributed by atoms with Crippen LogP contribution in [0.15, 0.2) is 36.4 Å². The van der Waals surface area contributed by atoms with Crippen LogP contribution in [-0.2, 0) is 6.42 Å². The third kappa shape index (κ3) is 2.71. The van der Waals surface area contributed by atoms with E-state index >= 15 is 0 Å². The van der Waals surface area contributed by atoms with Crippen molar-refractivity contribution < 1.29 is 19.0 Å². The number of hydrogen-bond donors (Lipinski definition) is 0. The van der Waals surface area contributed by atoms with Gasteiger partial charge in [0.25, 0.3) is 5.69 Å². The molecule has 0 aromatic heterocycles. The fraction of sp³-hybridized carbons (Fsp3) is 0.278. The molecule has 24 heavy (non-hydrogen) atoms. The summed E-state index contributed by atoms with van der Waals surface area (Å²) in [6.45, 7) is 0.870. The topological polar surface area (TPSA) is 64.6 Å². The first-order chi connectivity index (χ1) is 11.5. The van der Waals surface area contributed by atoms with Crippen molar-refractivity contribution in [3.8, 4) is 11.5 Å². The molecule has 1 aliphatic heterocycles. The smallest absolute Gasteiger partial charge is 0.269 e. The van der Waals surface area contributed by atoms with E-state index in [-0.39, 0.29) is 10.6 Å². The Kier molecular flexibility index (Phi) is 4.20. The van der Waals surface area contributed by atoms with Gasteiger partial charge in [0, 0.05) is 24.1 Å². The number of rotatable bonds is 4. The van der Waals surface area contributed by atoms with E-state index in [1.807, 2.05) is 19.2 Å². The first-order valence-electron chi connectivity index (χ1n) is 7.63. The molecule has 0 fully saturated rings. The van der Waals surface area contributed by atoms with Gasteiger partial charge in [0.15, 0.2) is 11.5 Å². The minimum atomic E-state index is -0.388. The lowest BCUT2D eigenvalue weighted by Crippen LogP contribution is -2.28. The van der Waals surface area contributed by atoms with Gasteiger partial charge in [-0.2, -0.15) is 0 Å². The van der Waals surface area contributed by atoms with E-state index in [1.54, 1.807) is 26.4 Å². The summed E-state index contributed by atoms with van der Waals surface area (Å²) in [5.41, 5.74) is 4.31. The van der Waals surface area contributed by atoms with Crippen LogP contribution in [0.3, 0.4) is 0 Å². The highest BCUT2D eigenvalue weighted by Gasteiger charge is 2.27. The Morgan fingerprint density at radius 3 is 2.29 bits per heavy atom. The molecular formula is C18H19N2O4+. The number of nitro benzene ring substituents is 1. The number of nitro groups is 1. The van der Waals surface area contributed by atoms with Gasteiger partial charge in [-0.3, -0.25) is 10.1 Å². The zero-order valence-corrected chi connectivity index (χ0v) is 13.9. The van der Waals surface area contributed by atoms with Crippen LogP contribution < -0.4 is 9.47 Å². The molecule has 0 amide bonds. The molecule has 1 heterocycles. The van der Waals surface area contributed by atoms with E-state index in [1.165, 1.54) is 17.7 Å². The van der Waals surface area contributed by atoms with Crippen LogP contribution >= 0.6 is 0 Å². The van der Waals surface area contributed by atoms with Crippen molar-refractivity contribution in [1.29, 1.82) is 0 Å². The second-order valence-electron chi connectivity index (χ2n) is 5.69. The SMILES string of the molecule is COc1cc2c(cc1OC)C(c1ccc([N+](=O)[O-])cc1)=[N+](C)CC2. The summed E-state index contributed by atoms with van der Waals surface area (Å²) in [6.07, 6.45) is 0.905. The second-order valence-corrected chi connectivity index (χ2v) is 5.69. The highest BCUT2D eigenvalue weighted by Crippen LogP contribution is 2.33. The molecule has 124 valence electrons. The number of non-ortho nitro benzene ring substituents is 1. The van der Waals surface area contributed by atoms with Gasteiger partial charge < -0.3 is 9.47 Å². The van der Waals surface area contributed by atoms with Crippen molar-refractivity contribution in [2.24, 2.45) is 0 Å². The van der Waals surface area contributed by atoms with Crippen LogP contribution in [0.25, 0.3) is 0 Å². The average Bonchev–Trinajstić information content (AvgIpc) is 2.60. The molecule has 2 aromatic carbocycles. The molecule has 2 aromatic rings. The lowest BCUT2D eigenvalue weighted by atomic mass is 9.92. The largest absolute Gasteiger partial charge is 0.493 e. The predicted molar refractivity (Wildman–Crippen MR) is 90.6 cm³/mol. The fourth-order valence-corrected chi connectivity index (χ4v) is 3.07. The Labute approximate surface area is 140 Å². The normalized spacial score (nSPS) is 13.5. The number of nitrogens with zero attached hydrogens (tertiary/aromatic N) is 2. The molecule has 3 rings (SSSR count). The number of methoxy groups -OCH3 is 2. The van der Waals surface area contributed by atoms with Gasteiger partial charge >= 0.3 is 0 Å². The maximum atomic E-state index is 10.9. The number of hydrogen-bond acceptors (Lipinski definition) is 4. The van der Waals surface area contributed by atoms with Gasteiger partial charge in [0.2, 0.25) is 5.71 Å². The van der Waals surface area contributed by atoms with Gasteiger partial charge in [-0.25, -0.2) is 4.58 Å². The Morgan fingerprint density at radius 2 is 1.71 bits per heavy atom. The van der Waals surface area contributed by atoms with Crippen LogP contribution in [0.4, 0.5) is 5.69 Å². The molecule has 0 saturated heterocycles. The van der Waals surface area contributed by atoms with Gasteiger partial charge in [-0.05, 0) is 29.8 Å². The Bertz CT molecular complexity index is 826. The molecule has 0 unspecified atom stereocenters. The monoisotopic (exact) mass is 327 g/mol. The Hall–Kier alpha value is -2.89. The zero-order valence-electron chi connectivity index (χ0n) is 13.9. The van der Waals surface area contributed by atoms with Crippen LogP contribution in [-0.4, -0.2) is 43.0 Å². The molecule has 0 radical (unpaired) electrons. The van der Waals surface area contributed by atoms with E-state index in [4.69, 9.17) is 9.47 Å². The summed E-state index contributed by atoms with van der Waals surface area (Å²) in [7, 11) is 5.26. The molecule has 0 aliphatic carbocycles. The minimum absolute atomic E-state index is 0.0883. The molecular weight excluding hydrogens is 308 g/mol. The zero-order chi connectivity index (χ0) is 17.3. The standard InChI is InChI=1S/C18H19N2O4/c1-19-9-8-13-10-16(23-2)17(24-3)11-15(13)18(19)12-4-6-14(7-5-12)20(21)22/h4-7,10-11H,8-9H2,1-3H3/q+1. The van der Waals surface area contributed by atoms with Crippen LogP contribution in [0.2, 0.25) is 0 Å². The fourth-order valence-electron chi connectivity index (χ4n) is 3.07. The van der Waals surface area contributed by atoms with Crippen molar-refractivity contribution in [2.45, 2.75) is 6.42 Å². The maximum Gasteiger partial charge on any atom is 0.269 e. The Balaban J connectivity index is 2.13. The molecule has 0 spiro atoms. The third-order valence-electron chi connectivity index (χ3n) is 4.31. The summed E-state index contributed by atoms with van der Waals surface area (Å²) >= 11 is 0. The van der Waals surface area contributed by atoms with Gasteiger partial charge in [0.1, 0.15) is 13.6 Å². The first kappa shape index (κ1) is 16.0. The quantitative estimate of drug-likeness (QED) is 0.492. The van der Waals surface area contributed by atoms with Gasteiger partial charge in [-0.1, -0.05) is 0 Å². The predicted octanol–water partition coefficient (Wildman–Crippen LogP) is 2.65. The van der Waals surface area contributed by atoms with Gasteiger partial charge in [-0.15, -0.1) is 0 Å². The minimum Gasteiger partial charge on any atom is -0.493 e. The summed E-state index contributed by atoms with van der Waals surface area (Å²) in [4.78, 5) is 10.5. The van der Waals surface area contributed by atoms with E-state index in [9.17, 15) is 10.1 Å². The highest BCUT2D eigenvalue weighted by atomic mass is 16.6. The lowest BCUT2D eigenvalue weighted by molar-refractivity contribution is -0.497. The average molecular weight is 327 g/mol. The third-order valence-corrected chi connectivity index (χ3v) is 4.31. The maximum absolute atomic E-state index is 10.9. The summed E-state index contributed by atoms with van der Waals surface area (Å²) in [6, 6.07) is 10.6. The van der Waals surface area contributed by atoms with E-state index in [0.29, 0.717) is 11.5 Å². The molecule has 6 nitrogen and oxygen atoms in total. The number of benzene rings is 2. The van der Waals surface area contributed by atoms with E-state index < -0.39 is 0 Å². The van der Waals surface area contributed by atoms with Crippen molar-refractivity contribution >= 4 is 11.4 Å². The second kappa shape index (κ2) is 6.31. The summed E-state index contributed by atoms with van der Waals surface area (Å²) < 4.78 is 13.0. The van der Waals surface area contributed by atoms with E-state index in [2.05, 4.69) is 4.58 Å². The Morgan fingerprint density at radius 1 is 1.08 bits per heavy atom. The molecule has 0 N–H and O–H groups in total. The number of fused-ring (bicyclic) bond motifs is 1. The van der Waals surface area contributed by atoms with Crippen molar-refractivity contribution in [3.63, 3.8) is 0 Å². The van der Waals surface area contributed by atoms with Crippen molar-refractivity contribution in [2.75, 3.05) is 27.8 Å². The van der Waals surface area contributed by atoms with Crippen LogP contribution in [0, 0.1) is 10.1 Å². The summed E-state index contributed by atoms with van der Waals surface area (Å²) in [5.74, 6) is 1.38. The molecule has 0 atom stereocenters. The first-order valence-corrected chi connectivity index (χ1v) is 7.63. The number of ether oxygens (including phenoxy) is 2. The van der Waals surface area contributed by atoms with Gasteiger partial charge in [0.05, 0.1) is 24.7 Å². The molecule has 0 saturated carbocycles.